The van der Waals surface area contributed by atoms with Crippen LogP contribution in [0.2, 0.25) is 0 Å². The number of aliphatic hydroxyl groups is 1. The number of nitrogens with two attached hydrogens (primary N) is 1. The number of aromatic amines is 2. The number of hydrogen-bond acceptors (Lipinski definition) is 6. The van der Waals surface area contributed by atoms with E-state index < -0.39 is 0 Å². The lowest BCUT2D eigenvalue weighted by molar-refractivity contribution is 0.274. The molecule has 198 valence electrons. The van der Waals surface area contributed by atoms with Crippen LogP contribution in [-0.2, 0) is 12.8 Å². The average Bonchev–Trinajstić information content (AvgIpc) is 3.38. The quantitative estimate of drug-likeness (QED) is 0.140. The molecular formula is C30H31N7O2. The third-order valence-electron chi connectivity index (χ3n) is 6.55. The number of amidine groups is 1. The first-order chi connectivity index (χ1) is 19.0. The number of rotatable bonds is 10. The highest BCUT2D eigenvalue weighted by molar-refractivity contribution is 6.01. The first-order valence-electron chi connectivity index (χ1n) is 12.9. The van der Waals surface area contributed by atoms with E-state index in [1.165, 1.54) is 0 Å². The average molecular weight is 522 g/mol. The molecule has 5 rings (SSSR count). The largest absolute Gasteiger partial charge is 0.394 e. The number of aryl methyl sites for hydroxylation is 1. The summed E-state index contributed by atoms with van der Waals surface area (Å²) in [6.07, 6.45) is 4.65. The zero-order valence-electron chi connectivity index (χ0n) is 21.7. The van der Waals surface area contributed by atoms with Crippen LogP contribution < -0.4 is 16.6 Å². The molecule has 2 aromatic carbocycles. The van der Waals surface area contributed by atoms with Gasteiger partial charge in [0.25, 0.3) is 5.56 Å². The fraction of sp³-hybridized carbons (Fsp3) is 0.200. The molecule has 0 spiro atoms. The molecule has 5 aromatic rings. The highest BCUT2D eigenvalue weighted by atomic mass is 16.3. The molecule has 0 aliphatic heterocycles. The van der Waals surface area contributed by atoms with Crippen molar-refractivity contribution in [1.29, 1.82) is 0 Å². The lowest BCUT2D eigenvalue weighted by Gasteiger charge is -2.19. The minimum Gasteiger partial charge on any atom is -0.394 e. The highest BCUT2D eigenvalue weighted by Crippen LogP contribution is 2.27. The van der Waals surface area contributed by atoms with Crippen molar-refractivity contribution in [2.24, 2.45) is 10.7 Å². The summed E-state index contributed by atoms with van der Waals surface area (Å²) in [6.45, 7) is 2.38. The van der Waals surface area contributed by atoms with Gasteiger partial charge in [-0.2, -0.15) is 0 Å². The van der Waals surface area contributed by atoms with Gasteiger partial charge in [0, 0.05) is 36.6 Å². The monoisotopic (exact) mass is 521 g/mol. The molecule has 9 nitrogen and oxygen atoms in total. The molecule has 0 fully saturated rings. The molecule has 6 N–H and O–H groups in total. The predicted octanol–water partition coefficient (Wildman–Crippen LogP) is 3.59. The number of anilines is 1. The number of hydrogen-bond donors (Lipinski definition) is 5. The molecule has 0 saturated heterocycles. The van der Waals surface area contributed by atoms with Crippen molar-refractivity contribution in [3.05, 3.63) is 112 Å². The van der Waals surface area contributed by atoms with Crippen LogP contribution in [0.3, 0.4) is 0 Å². The van der Waals surface area contributed by atoms with Gasteiger partial charge in [0.1, 0.15) is 17.2 Å². The Morgan fingerprint density at radius 1 is 1.13 bits per heavy atom. The topological polar surface area (TPSA) is 145 Å². The second-order valence-electron chi connectivity index (χ2n) is 9.42. The summed E-state index contributed by atoms with van der Waals surface area (Å²) in [5, 5.41) is 13.4. The number of aromatic nitrogens is 4. The van der Waals surface area contributed by atoms with Crippen LogP contribution in [0, 0.1) is 6.92 Å². The fourth-order valence-corrected chi connectivity index (χ4v) is 4.60. The Kier molecular flexibility index (Phi) is 7.79. The van der Waals surface area contributed by atoms with Crippen molar-refractivity contribution in [1.82, 2.24) is 19.9 Å². The van der Waals surface area contributed by atoms with Crippen LogP contribution >= 0.6 is 0 Å². The van der Waals surface area contributed by atoms with Crippen LogP contribution in [-0.4, -0.2) is 50.1 Å². The Morgan fingerprint density at radius 2 is 1.95 bits per heavy atom. The molecule has 3 heterocycles. The number of aliphatic imine (C=N–C) groups is 1. The van der Waals surface area contributed by atoms with E-state index in [4.69, 9.17) is 10.7 Å². The van der Waals surface area contributed by atoms with Crippen molar-refractivity contribution >= 4 is 22.6 Å². The Bertz CT molecular complexity index is 1640. The first kappa shape index (κ1) is 25.9. The molecule has 0 aliphatic rings. The number of nitrogens with zero attached hydrogens (tertiary/aromatic N) is 3. The minimum atomic E-state index is -0.288. The van der Waals surface area contributed by atoms with Gasteiger partial charge in [-0.1, -0.05) is 36.4 Å². The van der Waals surface area contributed by atoms with Crippen LogP contribution in [0.1, 0.15) is 22.4 Å². The summed E-state index contributed by atoms with van der Waals surface area (Å²) in [5.74, 6) is 0.857. The lowest BCUT2D eigenvalue weighted by atomic mass is 10.1. The van der Waals surface area contributed by atoms with Crippen LogP contribution in [0.15, 0.2) is 88.9 Å². The lowest BCUT2D eigenvalue weighted by Crippen LogP contribution is -2.28. The highest BCUT2D eigenvalue weighted by Gasteiger charge is 2.18. The van der Waals surface area contributed by atoms with Gasteiger partial charge in [-0.05, 0) is 54.8 Å². The maximum absolute atomic E-state index is 13.0. The summed E-state index contributed by atoms with van der Waals surface area (Å²) in [5.41, 5.74) is 12.2. The van der Waals surface area contributed by atoms with E-state index in [0.717, 1.165) is 33.4 Å². The standard InChI is InChI=1S/C30H31N7O2/c1-19-15-21(28(31)33-13-10-22-9-5-6-12-32-22)17-25-27(19)37-29(36-25)26-24(11-14-34-30(26)39)35-23(18-38)16-20-7-3-2-4-8-20/h2-9,11-12,14-15,17,23,38H,10,13,16,18H2,1H3,(H2,31,33)(H,36,37)(H2,34,35,39). The zero-order chi connectivity index (χ0) is 27.2. The summed E-state index contributed by atoms with van der Waals surface area (Å²) in [6, 6.07) is 21.0. The number of imidazole rings is 1. The van der Waals surface area contributed by atoms with E-state index in [-0.39, 0.29) is 18.2 Å². The zero-order valence-corrected chi connectivity index (χ0v) is 21.7. The number of benzene rings is 2. The molecule has 39 heavy (non-hydrogen) atoms. The van der Waals surface area contributed by atoms with Gasteiger partial charge >= 0.3 is 0 Å². The van der Waals surface area contributed by atoms with Gasteiger partial charge in [-0.25, -0.2) is 4.98 Å². The van der Waals surface area contributed by atoms with E-state index in [1.54, 1.807) is 18.5 Å². The molecule has 0 amide bonds. The second kappa shape index (κ2) is 11.7. The Labute approximate surface area is 225 Å². The summed E-state index contributed by atoms with van der Waals surface area (Å²) < 4.78 is 0. The van der Waals surface area contributed by atoms with Crippen molar-refractivity contribution in [2.45, 2.75) is 25.8 Å². The maximum atomic E-state index is 13.0. The van der Waals surface area contributed by atoms with Crippen molar-refractivity contribution < 1.29 is 5.11 Å². The van der Waals surface area contributed by atoms with Gasteiger partial charge in [-0.15, -0.1) is 0 Å². The molecule has 0 saturated carbocycles. The third-order valence-corrected chi connectivity index (χ3v) is 6.55. The number of aliphatic hydroxyl groups excluding tert-OH is 1. The van der Waals surface area contributed by atoms with E-state index in [9.17, 15) is 9.90 Å². The number of nitrogens with one attached hydrogen (secondary N) is 3. The van der Waals surface area contributed by atoms with Crippen LogP contribution in [0.4, 0.5) is 5.69 Å². The molecule has 0 bridgehead atoms. The first-order valence-corrected chi connectivity index (χ1v) is 12.9. The van der Waals surface area contributed by atoms with Gasteiger partial charge in [0.15, 0.2) is 0 Å². The Morgan fingerprint density at radius 3 is 2.72 bits per heavy atom. The van der Waals surface area contributed by atoms with Crippen LogP contribution in [0.5, 0.6) is 0 Å². The van der Waals surface area contributed by atoms with Crippen molar-refractivity contribution in [3.63, 3.8) is 0 Å². The molecule has 9 heteroatoms. The summed E-state index contributed by atoms with van der Waals surface area (Å²) in [7, 11) is 0. The molecule has 0 radical (unpaired) electrons. The van der Waals surface area contributed by atoms with E-state index in [0.29, 0.717) is 42.3 Å². The van der Waals surface area contributed by atoms with Gasteiger partial charge in [0.05, 0.1) is 29.4 Å². The number of H-pyrrole nitrogens is 2. The smallest absolute Gasteiger partial charge is 0.261 e. The van der Waals surface area contributed by atoms with Crippen LogP contribution in [0.25, 0.3) is 22.4 Å². The summed E-state index contributed by atoms with van der Waals surface area (Å²) >= 11 is 0. The SMILES string of the molecule is Cc1cc(C(N)=NCCc2ccccn2)cc2[nH]c(-c3c(NC(CO)Cc4ccccc4)cc[nH]c3=O)nc12. The van der Waals surface area contributed by atoms with E-state index in [1.807, 2.05) is 67.6 Å². The van der Waals surface area contributed by atoms with Gasteiger partial charge in [0.2, 0.25) is 0 Å². The number of fused-ring (bicyclic) bond motifs is 1. The molecular weight excluding hydrogens is 490 g/mol. The normalized spacial score (nSPS) is 12.5. The van der Waals surface area contributed by atoms with Gasteiger partial charge in [-0.3, -0.25) is 14.8 Å². The van der Waals surface area contributed by atoms with Crippen molar-refractivity contribution in [3.8, 4) is 11.4 Å². The van der Waals surface area contributed by atoms with Crippen molar-refractivity contribution in [2.75, 3.05) is 18.5 Å². The molecule has 1 atom stereocenters. The molecule has 3 aromatic heterocycles. The number of pyridine rings is 2. The predicted molar refractivity (Wildman–Crippen MR) is 155 cm³/mol. The summed E-state index contributed by atoms with van der Waals surface area (Å²) in [4.78, 5) is 32.6. The Hall–Kier alpha value is -4.76. The maximum Gasteiger partial charge on any atom is 0.261 e. The minimum absolute atomic E-state index is 0.0946. The Balaban J connectivity index is 1.42. The molecule has 1 unspecified atom stereocenters. The van der Waals surface area contributed by atoms with E-state index >= 15 is 0 Å². The fourth-order valence-electron chi connectivity index (χ4n) is 4.60. The van der Waals surface area contributed by atoms with E-state index in [2.05, 4.69) is 25.3 Å². The van der Waals surface area contributed by atoms with Gasteiger partial charge < -0.3 is 26.1 Å². The second-order valence-corrected chi connectivity index (χ2v) is 9.42. The molecule has 0 aliphatic carbocycles. The third kappa shape index (κ3) is 6.05.